The molecule has 0 unspecified atom stereocenters. The topological polar surface area (TPSA) is 60.6 Å². The van der Waals surface area contributed by atoms with E-state index in [0.29, 0.717) is 6.54 Å². The van der Waals surface area contributed by atoms with Crippen molar-refractivity contribution >= 4 is 51.6 Å². The first-order valence-electron chi connectivity index (χ1n) is 21.5. The monoisotopic (exact) mass is 809 g/mol. The number of benzene rings is 6. The molecule has 2 N–H and O–H groups in total. The molecule has 0 saturated heterocycles. The van der Waals surface area contributed by atoms with Crippen LogP contribution < -0.4 is 4.90 Å². The molecule has 5 nitrogen and oxygen atoms in total. The van der Waals surface area contributed by atoms with Crippen LogP contribution in [0.25, 0.3) is 90.4 Å². The molecule has 8 bridgehead atoms. The number of H-pyrrole nitrogens is 2. The summed E-state index contributed by atoms with van der Waals surface area (Å²) in [5.41, 5.74) is 19.5. The minimum Gasteiger partial charge on any atom is -0.363 e. The molecule has 0 radical (unpaired) electrons. The highest BCUT2D eigenvalue weighted by atomic mass is 15.1. The van der Waals surface area contributed by atoms with Gasteiger partial charge in [0.05, 0.1) is 22.8 Å². The van der Waals surface area contributed by atoms with Gasteiger partial charge in [0.2, 0.25) is 0 Å². The zero-order valence-corrected chi connectivity index (χ0v) is 34.6. The van der Waals surface area contributed by atoms with E-state index in [1.807, 2.05) is 0 Å². The molecule has 6 aromatic carbocycles. The lowest BCUT2D eigenvalue weighted by Gasteiger charge is -2.26. The zero-order valence-electron chi connectivity index (χ0n) is 34.6. The number of anilines is 1. The number of hydrogen-bond donors (Lipinski definition) is 2. The van der Waals surface area contributed by atoms with E-state index < -0.39 is 0 Å². The van der Waals surface area contributed by atoms with Gasteiger partial charge in [-0.05, 0) is 88.0 Å². The molecule has 300 valence electrons. The third-order valence-corrected chi connectivity index (χ3v) is 11.9. The largest absolute Gasteiger partial charge is 0.363 e. The number of aromatic amines is 2. The quantitative estimate of drug-likeness (QED) is 0.153. The smallest absolute Gasteiger partial charge is 0.0787 e. The normalized spacial score (nSPS) is 12.0. The van der Waals surface area contributed by atoms with Crippen molar-refractivity contribution in [3.8, 4) is 44.5 Å². The average Bonchev–Trinajstić information content (AvgIpc) is 4.19. The Morgan fingerprint density at radius 3 is 1.19 bits per heavy atom. The van der Waals surface area contributed by atoms with Crippen molar-refractivity contribution in [2.24, 2.45) is 0 Å². The zero-order chi connectivity index (χ0) is 42.0. The highest BCUT2D eigenvalue weighted by Gasteiger charge is 2.24. The first-order chi connectivity index (χ1) is 31.2. The Morgan fingerprint density at radius 1 is 0.349 bits per heavy atom. The van der Waals surface area contributed by atoms with Gasteiger partial charge in [-0.2, -0.15) is 0 Å². The van der Waals surface area contributed by atoms with Gasteiger partial charge in [0.15, 0.2) is 0 Å². The molecular weight excluding hydrogens is 767 g/mol. The molecule has 0 saturated carbocycles. The summed E-state index contributed by atoms with van der Waals surface area (Å²) in [7, 11) is 0. The van der Waals surface area contributed by atoms with E-state index in [2.05, 4.69) is 239 Å². The fourth-order valence-corrected chi connectivity index (χ4v) is 8.99. The summed E-state index contributed by atoms with van der Waals surface area (Å²) in [6.45, 7) is 1.35. The fourth-order valence-electron chi connectivity index (χ4n) is 8.99. The van der Waals surface area contributed by atoms with Crippen LogP contribution in [0.1, 0.15) is 28.3 Å². The molecule has 63 heavy (non-hydrogen) atoms. The van der Waals surface area contributed by atoms with Crippen molar-refractivity contribution in [2.45, 2.75) is 6.54 Å². The van der Waals surface area contributed by atoms with E-state index in [0.717, 1.165) is 107 Å². The summed E-state index contributed by atoms with van der Waals surface area (Å²) in [5.74, 6) is 0. The van der Waals surface area contributed by atoms with Gasteiger partial charge >= 0.3 is 0 Å². The maximum absolute atomic E-state index is 5.78. The predicted octanol–water partition coefficient (Wildman–Crippen LogP) is 14.4. The molecule has 0 atom stereocenters. The number of fused-ring (bicyclic) bond motifs is 8. The van der Waals surface area contributed by atoms with Gasteiger partial charge in [-0.25, -0.2) is 9.97 Å². The van der Waals surface area contributed by atoms with Gasteiger partial charge in [-0.15, -0.1) is 0 Å². The van der Waals surface area contributed by atoms with Crippen LogP contribution in [-0.2, 0) is 6.54 Å². The van der Waals surface area contributed by atoms with Crippen LogP contribution in [0.3, 0.4) is 0 Å². The van der Waals surface area contributed by atoms with Crippen molar-refractivity contribution in [2.75, 3.05) is 11.4 Å². The van der Waals surface area contributed by atoms with Crippen molar-refractivity contribution in [3.05, 3.63) is 235 Å². The summed E-state index contributed by atoms with van der Waals surface area (Å²) in [5, 5.41) is 0. The van der Waals surface area contributed by atoms with Gasteiger partial charge in [0, 0.05) is 63.1 Å². The molecular formula is C58H43N5. The second kappa shape index (κ2) is 16.6. The van der Waals surface area contributed by atoms with Crippen LogP contribution in [-0.4, -0.2) is 26.5 Å². The first kappa shape index (κ1) is 37.7. The molecule has 11 rings (SSSR count). The Balaban J connectivity index is 1.28. The summed E-state index contributed by atoms with van der Waals surface area (Å²) >= 11 is 0. The van der Waals surface area contributed by atoms with Crippen LogP contribution >= 0.6 is 0 Å². The van der Waals surface area contributed by atoms with Crippen molar-refractivity contribution in [1.29, 1.82) is 0 Å². The van der Waals surface area contributed by atoms with Gasteiger partial charge in [-0.1, -0.05) is 170 Å². The number of rotatable bonds is 9. The van der Waals surface area contributed by atoms with E-state index in [-0.39, 0.29) is 0 Å². The Bertz CT molecular complexity index is 3300. The second-order valence-electron chi connectivity index (χ2n) is 15.9. The summed E-state index contributed by atoms with van der Waals surface area (Å²) in [6.07, 6.45) is 6.62. The SMILES string of the molecule is C1=Cc2nc1c(-c1ccccc1)c1ccc([nH]1)c(-c1ccccc1)c1nc(c(-c3ccccc3)c3ccc([nH]3)c2-c2ccccc2)C(CN(Cc2ccccc2)c2ccccc2)=C1. The highest BCUT2D eigenvalue weighted by Crippen LogP contribution is 2.41. The van der Waals surface area contributed by atoms with Crippen LogP contribution in [0.2, 0.25) is 0 Å². The minimum absolute atomic E-state index is 0.621. The minimum atomic E-state index is 0.621. The molecule has 2 aliphatic heterocycles. The predicted molar refractivity (Wildman–Crippen MR) is 263 cm³/mol. The number of nitrogens with one attached hydrogen (secondary N) is 2. The summed E-state index contributed by atoms with van der Waals surface area (Å²) in [6, 6.07) is 72.7. The van der Waals surface area contributed by atoms with E-state index >= 15 is 0 Å². The molecule has 0 aliphatic carbocycles. The lowest BCUT2D eigenvalue weighted by atomic mass is 9.99. The molecule has 5 heteroatoms. The average molecular weight is 810 g/mol. The van der Waals surface area contributed by atoms with Gasteiger partial charge in [-0.3, -0.25) is 0 Å². The maximum atomic E-state index is 5.78. The van der Waals surface area contributed by atoms with Crippen molar-refractivity contribution < 1.29 is 0 Å². The molecule has 0 spiro atoms. The van der Waals surface area contributed by atoms with E-state index in [1.54, 1.807) is 0 Å². The Hall–Kier alpha value is -8.28. The van der Waals surface area contributed by atoms with Crippen molar-refractivity contribution in [1.82, 2.24) is 19.9 Å². The third kappa shape index (κ3) is 7.47. The molecule has 0 amide bonds. The van der Waals surface area contributed by atoms with Gasteiger partial charge in [0.25, 0.3) is 0 Å². The number of nitrogens with zero attached hydrogens (tertiary/aromatic N) is 3. The van der Waals surface area contributed by atoms with Crippen molar-refractivity contribution in [3.63, 3.8) is 0 Å². The Labute approximate surface area is 367 Å². The fraction of sp³-hybridized carbons (Fsp3) is 0.0345. The Kier molecular flexibility index (Phi) is 9.96. The maximum Gasteiger partial charge on any atom is 0.0787 e. The number of para-hydroxylation sites is 1. The van der Waals surface area contributed by atoms with Crippen LogP contribution in [0.5, 0.6) is 0 Å². The van der Waals surface area contributed by atoms with Crippen LogP contribution in [0.15, 0.2) is 206 Å². The standard InChI is InChI=1S/C58H43N5/c1-7-19-40(20-8-1)38-63(46-29-17-6-18-30-46)39-45-37-53-56(43-25-13-4-14-26-43)51-34-33-49(60-51)54(41-21-9-2-10-22-41)47-31-32-48(59-47)55(42-23-11-3-12-24-42)50-35-36-52(61-50)57(58(45)62-53)44-27-15-5-16-28-44/h1-37,60-61H,38-39H2. The lowest BCUT2D eigenvalue weighted by molar-refractivity contribution is 0.875. The van der Waals surface area contributed by atoms with Crippen LogP contribution in [0, 0.1) is 0 Å². The van der Waals surface area contributed by atoms with Gasteiger partial charge in [0.1, 0.15) is 0 Å². The van der Waals surface area contributed by atoms with Gasteiger partial charge < -0.3 is 14.9 Å². The molecule has 2 aliphatic rings. The highest BCUT2D eigenvalue weighted by molar-refractivity contribution is 6.02. The summed E-state index contributed by atoms with van der Waals surface area (Å²) in [4.78, 5) is 21.5. The van der Waals surface area contributed by atoms with Crippen LogP contribution in [0.4, 0.5) is 5.69 Å². The first-order valence-corrected chi connectivity index (χ1v) is 21.5. The molecule has 3 aromatic heterocycles. The molecule has 0 fully saturated rings. The lowest BCUT2D eigenvalue weighted by Crippen LogP contribution is -2.24. The van der Waals surface area contributed by atoms with E-state index in [1.165, 1.54) is 5.56 Å². The third-order valence-electron chi connectivity index (χ3n) is 11.9. The number of hydrogen-bond acceptors (Lipinski definition) is 3. The summed E-state index contributed by atoms with van der Waals surface area (Å²) < 4.78 is 0. The van der Waals surface area contributed by atoms with E-state index in [9.17, 15) is 0 Å². The number of aromatic nitrogens is 4. The molecule has 9 aromatic rings. The second-order valence-corrected chi connectivity index (χ2v) is 15.9. The van der Waals surface area contributed by atoms with E-state index in [4.69, 9.17) is 9.97 Å². The molecule has 5 heterocycles. The Morgan fingerprint density at radius 2 is 0.730 bits per heavy atom.